The first-order valence-corrected chi connectivity index (χ1v) is 6.44. The van der Waals surface area contributed by atoms with Crippen molar-refractivity contribution in [2.75, 3.05) is 19.8 Å². The van der Waals surface area contributed by atoms with Crippen LogP contribution < -0.4 is 10.6 Å². The van der Waals surface area contributed by atoms with E-state index in [0.717, 1.165) is 0 Å². The molecule has 0 spiro atoms. The van der Waals surface area contributed by atoms with Gasteiger partial charge in [-0.05, 0) is 49.9 Å². The minimum atomic E-state index is 0.266. The summed E-state index contributed by atoms with van der Waals surface area (Å²) in [4.78, 5) is 1.47. The zero-order chi connectivity index (χ0) is 10.7. The van der Waals surface area contributed by atoms with E-state index in [2.05, 4.69) is 28.8 Å². The fraction of sp³-hybridized carbons (Fsp3) is 0.500. The first-order chi connectivity index (χ1) is 7.35. The van der Waals surface area contributed by atoms with Gasteiger partial charge in [0.15, 0.2) is 0 Å². The molecule has 1 heterocycles. The summed E-state index contributed by atoms with van der Waals surface area (Å²) >= 11 is 1.98. The predicted octanol–water partition coefficient (Wildman–Crippen LogP) is 2.16. The molecule has 0 fully saturated rings. The fourth-order valence-corrected chi connectivity index (χ4v) is 3.06. The van der Waals surface area contributed by atoms with Gasteiger partial charge in [0.1, 0.15) is 0 Å². The molecule has 2 nitrogen and oxygen atoms in total. The average Bonchev–Trinajstić information content (AvgIpc) is 2.30. The SMILES string of the molecule is CNC(NC)c1ccc2c(c1)CCCS2. The van der Waals surface area contributed by atoms with Crippen LogP contribution in [0, 0.1) is 0 Å². The van der Waals surface area contributed by atoms with Gasteiger partial charge in [-0.15, -0.1) is 11.8 Å². The smallest absolute Gasteiger partial charge is 0.0830 e. The molecule has 0 aliphatic carbocycles. The molecule has 0 atom stereocenters. The van der Waals surface area contributed by atoms with Gasteiger partial charge in [0.25, 0.3) is 0 Å². The van der Waals surface area contributed by atoms with Crippen molar-refractivity contribution in [1.29, 1.82) is 0 Å². The Bertz CT molecular complexity index is 334. The largest absolute Gasteiger partial charge is 0.301 e. The van der Waals surface area contributed by atoms with Gasteiger partial charge in [-0.1, -0.05) is 12.1 Å². The summed E-state index contributed by atoms with van der Waals surface area (Å²) in [7, 11) is 3.96. The van der Waals surface area contributed by atoms with E-state index in [9.17, 15) is 0 Å². The van der Waals surface area contributed by atoms with Gasteiger partial charge in [-0.25, -0.2) is 0 Å². The second-order valence-electron chi connectivity index (χ2n) is 3.83. The van der Waals surface area contributed by atoms with Crippen LogP contribution in [0.15, 0.2) is 23.1 Å². The summed E-state index contributed by atoms with van der Waals surface area (Å²) in [6.07, 6.45) is 2.81. The topological polar surface area (TPSA) is 24.1 Å². The molecule has 82 valence electrons. The molecule has 0 saturated carbocycles. The summed E-state index contributed by atoms with van der Waals surface area (Å²) in [5.74, 6) is 1.27. The molecule has 0 bridgehead atoms. The second-order valence-corrected chi connectivity index (χ2v) is 4.97. The first kappa shape index (κ1) is 11.0. The van der Waals surface area contributed by atoms with E-state index < -0.39 is 0 Å². The van der Waals surface area contributed by atoms with Crippen LogP contribution in [0.3, 0.4) is 0 Å². The maximum Gasteiger partial charge on any atom is 0.0830 e. The summed E-state index contributed by atoms with van der Waals surface area (Å²) < 4.78 is 0. The minimum absolute atomic E-state index is 0.266. The molecule has 1 aromatic rings. The van der Waals surface area contributed by atoms with Crippen LogP contribution in [0.25, 0.3) is 0 Å². The van der Waals surface area contributed by atoms with E-state index in [1.165, 1.54) is 34.6 Å². The van der Waals surface area contributed by atoms with Crippen LogP contribution in [0.5, 0.6) is 0 Å². The quantitative estimate of drug-likeness (QED) is 0.766. The highest BCUT2D eigenvalue weighted by molar-refractivity contribution is 7.99. The standard InChI is InChI=1S/C12H18N2S/c1-13-12(14-2)10-5-6-11-9(8-10)4-3-7-15-11/h5-6,8,12-14H,3-4,7H2,1-2H3. The lowest BCUT2D eigenvalue weighted by atomic mass is 10.0. The number of thioether (sulfide) groups is 1. The molecule has 1 aliphatic heterocycles. The Hall–Kier alpha value is -0.510. The zero-order valence-corrected chi connectivity index (χ0v) is 10.2. The third kappa shape index (κ3) is 2.36. The number of rotatable bonds is 3. The number of hydrogen-bond acceptors (Lipinski definition) is 3. The van der Waals surface area contributed by atoms with E-state index >= 15 is 0 Å². The zero-order valence-electron chi connectivity index (χ0n) is 9.34. The summed E-state index contributed by atoms with van der Waals surface area (Å²) in [6, 6.07) is 6.81. The molecular formula is C12H18N2S. The Balaban J connectivity index is 2.27. The second kappa shape index (κ2) is 5.01. The van der Waals surface area contributed by atoms with E-state index in [1.54, 1.807) is 0 Å². The summed E-state index contributed by atoms with van der Waals surface area (Å²) in [5, 5.41) is 6.51. The van der Waals surface area contributed by atoms with Gasteiger partial charge in [0.05, 0.1) is 6.17 Å². The summed E-state index contributed by atoms with van der Waals surface area (Å²) in [6.45, 7) is 0. The lowest BCUT2D eigenvalue weighted by Gasteiger charge is -2.20. The minimum Gasteiger partial charge on any atom is -0.301 e. The Morgan fingerprint density at radius 1 is 1.27 bits per heavy atom. The van der Waals surface area contributed by atoms with Crippen LogP contribution in [-0.2, 0) is 6.42 Å². The van der Waals surface area contributed by atoms with E-state index in [4.69, 9.17) is 0 Å². The molecule has 0 unspecified atom stereocenters. The third-order valence-electron chi connectivity index (χ3n) is 2.84. The van der Waals surface area contributed by atoms with Crippen LogP contribution in [0.1, 0.15) is 23.7 Å². The maximum atomic E-state index is 3.26. The Labute approximate surface area is 95.8 Å². The maximum absolute atomic E-state index is 3.26. The number of nitrogens with one attached hydrogen (secondary N) is 2. The number of fused-ring (bicyclic) bond motifs is 1. The highest BCUT2D eigenvalue weighted by Gasteiger charge is 2.12. The summed E-state index contributed by atoms with van der Waals surface area (Å²) in [5.41, 5.74) is 2.85. The molecule has 15 heavy (non-hydrogen) atoms. The van der Waals surface area contributed by atoms with Crippen molar-refractivity contribution in [2.45, 2.75) is 23.9 Å². The van der Waals surface area contributed by atoms with Crippen LogP contribution in [-0.4, -0.2) is 19.8 Å². The predicted molar refractivity (Wildman–Crippen MR) is 66.3 cm³/mol. The van der Waals surface area contributed by atoms with Gasteiger partial charge >= 0.3 is 0 Å². The molecule has 1 aromatic carbocycles. The lowest BCUT2D eigenvalue weighted by molar-refractivity contribution is 0.519. The van der Waals surface area contributed by atoms with Crippen LogP contribution in [0.2, 0.25) is 0 Å². The highest BCUT2D eigenvalue weighted by atomic mass is 32.2. The van der Waals surface area contributed by atoms with Crippen molar-refractivity contribution in [1.82, 2.24) is 10.6 Å². The Morgan fingerprint density at radius 3 is 2.80 bits per heavy atom. The van der Waals surface area contributed by atoms with Gasteiger partial charge in [-0.2, -0.15) is 0 Å². The van der Waals surface area contributed by atoms with Crippen LogP contribution >= 0.6 is 11.8 Å². The van der Waals surface area contributed by atoms with Crippen molar-refractivity contribution in [3.05, 3.63) is 29.3 Å². The molecule has 0 aromatic heterocycles. The molecule has 2 rings (SSSR count). The van der Waals surface area contributed by atoms with Gasteiger partial charge in [-0.3, -0.25) is 0 Å². The molecule has 0 saturated heterocycles. The molecule has 0 amide bonds. The van der Waals surface area contributed by atoms with E-state index in [-0.39, 0.29) is 6.17 Å². The molecule has 1 aliphatic rings. The van der Waals surface area contributed by atoms with Gasteiger partial charge in [0.2, 0.25) is 0 Å². The molecular weight excluding hydrogens is 204 g/mol. The monoisotopic (exact) mass is 222 g/mol. The lowest BCUT2D eigenvalue weighted by Crippen LogP contribution is -2.28. The van der Waals surface area contributed by atoms with Crippen molar-refractivity contribution >= 4 is 11.8 Å². The fourth-order valence-electron chi connectivity index (χ4n) is 2.04. The van der Waals surface area contributed by atoms with Crippen molar-refractivity contribution in [3.8, 4) is 0 Å². The van der Waals surface area contributed by atoms with Crippen molar-refractivity contribution in [2.24, 2.45) is 0 Å². The van der Waals surface area contributed by atoms with Gasteiger partial charge < -0.3 is 10.6 Å². The van der Waals surface area contributed by atoms with Gasteiger partial charge in [0, 0.05) is 4.90 Å². The Morgan fingerprint density at radius 2 is 2.07 bits per heavy atom. The van der Waals surface area contributed by atoms with E-state index in [1.807, 2.05) is 25.9 Å². The van der Waals surface area contributed by atoms with Crippen LogP contribution in [0.4, 0.5) is 0 Å². The number of benzene rings is 1. The average molecular weight is 222 g/mol. The first-order valence-electron chi connectivity index (χ1n) is 5.45. The van der Waals surface area contributed by atoms with Crippen molar-refractivity contribution in [3.63, 3.8) is 0 Å². The third-order valence-corrected chi connectivity index (χ3v) is 4.05. The molecule has 2 N–H and O–H groups in total. The normalized spacial score (nSPS) is 15.4. The molecule has 3 heteroatoms. The molecule has 0 radical (unpaired) electrons. The van der Waals surface area contributed by atoms with E-state index in [0.29, 0.717) is 0 Å². The number of aryl methyl sites for hydroxylation is 1. The highest BCUT2D eigenvalue weighted by Crippen LogP contribution is 2.31. The van der Waals surface area contributed by atoms with Crippen molar-refractivity contribution < 1.29 is 0 Å². The number of hydrogen-bond donors (Lipinski definition) is 2. The Kier molecular flexibility index (Phi) is 3.67.